The van der Waals surface area contributed by atoms with Gasteiger partial charge < -0.3 is 9.88 Å². The highest BCUT2D eigenvalue weighted by Gasteiger charge is 2.32. The number of pyridine rings is 2. The van der Waals surface area contributed by atoms with Crippen molar-refractivity contribution in [2.75, 3.05) is 6.54 Å². The normalized spacial score (nSPS) is 16.9. The standard InChI is InChI=1S/C20H18N6O/c27-20(26-7-3-5-19(26)15-4-1-2-6-21-15)18-8-13-10-22-16(9-17(13)25-18)14-11-23-24-12-14/h1-2,4,6,8-12,19,25H,3,5,7H2,(H,23,24). The van der Waals surface area contributed by atoms with Crippen LogP contribution in [0, 0.1) is 0 Å². The minimum atomic E-state index is 0.00390. The van der Waals surface area contributed by atoms with Crippen LogP contribution in [0.15, 0.2) is 55.1 Å². The third kappa shape index (κ3) is 2.77. The number of nitrogens with zero attached hydrogens (tertiary/aromatic N) is 4. The third-order valence-corrected chi connectivity index (χ3v) is 5.07. The number of carbonyl (C=O) groups is 1. The molecule has 5 heterocycles. The number of H-pyrrole nitrogens is 2. The van der Waals surface area contributed by atoms with E-state index in [1.807, 2.05) is 35.2 Å². The minimum absolute atomic E-state index is 0.00390. The van der Waals surface area contributed by atoms with Gasteiger partial charge in [-0.25, -0.2) is 0 Å². The lowest BCUT2D eigenvalue weighted by atomic mass is 10.1. The lowest BCUT2D eigenvalue weighted by Crippen LogP contribution is -2.31. The van der Waals surface area contributed by atoms with Gasteiger partial charge in [-0.3, -0.25) is 19.9 Å². The monoisotopic (exact) mass is 358 g/mol. The number of amides is 1. The average Bonchev–Trinajstić information content (AvgIpc) is 3.47. The SMILES string of the molecule is O=C(c1cc2cnc(-c3cn[nH]c3)cc2[nH]1)N1CCCC1c1ccccn1. The molecule has 1 unspecified atom stereocenters. The Labute approximate surface area is 155 Å². The van der Waals surface area contributed by atoms with Gasteiger partial charge in [-0.2, -0.15) is 5.10 Å². The van der Waals surface area contributed by atoms with E-state index in [1.165, 1.54) is 0 Å². The summed E-state index contributed by atoms with van der Waals surface area (Å²) in [6, 6.07) is 9.70. The zero-order valence-corrected chi connectivity index (χ0v) is 14.6. The maximum atomic E-state index is 13.1. The number of likely N-dealkylation sites (tertiary alicyclic amines) is 1. The fourth-order valence-corrected chi connectivity index (χ4v) is 3.74. The summed E-state index contributed by atoms with van der Waals surface area (Å²) in [5, 5.41) is 7.67. The van der Waals surface area contributed by atoms with Gasteiger partial charge >= 0.3 is 0 Å². The molecule has 1 fully saturated rings. The van der Waals surface area contributed by atoms with Crippen molar-refractivity contribution in [3.05, 3.63) is 66.5 Å². The first-order chi connectivity index (χ1) is 13.3. The predicted octanol–water partition coefficient (Wildman–Crippen LogP) is 3.33. The summed E-state index contributed by atoms with van der Waals surface area (Å²) >= 11 is 0. The Bertz CT molecular complexity index is 1090. The zero-order chi connectivity index (χ0) is 18.2. The maximum absolute atomic E-state index is 13.1. The lowest BCUT2D eigenvalue weighted by Gasteiger charge is -2.23. The van der Waals surface area contributed by atoms with Crippen LogP contribution in [0.3, 0.4) is 0 Å². The average molecular weight is 358 g/mol. The van der Waals surface area contributed by atoms with E-state index in [2.05, 4.69) is 25.1 Å². The van der Waals surface area contributed by atoms with Gasteiger partial charge in [0.05, 0.1) is 23.6 Å². The molecule has 1 amide bonds. The molecule has 0 saturated carbocycles. The highest BCUT2D eigenvalue weighted by Crippen LogP contribution is 2.32. The second-order valence-electron chi connectivity index (χ2n) is 6.74. The number of hydrogen-bond acceptors (Lipinski definition) is 4. The molecule has 7 heteroatoms. The zero-order valence-electron chi connectivity index (χ0n) is 14.6. The van der Waals surface area contributed by atoms with Gasteiger partial charge in [-0.15, -0.1) is 0 Å². The van der Waals surface area contributed by atoms with Crippen LogP contribution in [0.25, 0.3) is 22.2 Å². The van der Waals surface area contributed by atoms with E-state index in [0.717, 1.165) is 47.2 Å². The molecular formula is C20H18N6O. The largest absolute Gasteiger partial charge is 0.350 e. The number of carbonyl (C=O) groups excluding carboxylic acids is 1. The molecule has 1 saturated heterocycles. The van der Waals surface area contributed by atoms with Crippen molar-refractivity contribution in [2.45, 2.75) is 18.9 Å². The quantitative estimate of drug-likeness (QED) is 0.588. The Morgan fingerprint density at radius 1 is 1.19 bits per heavy atom. The smallest absolute Gasteiger partial charge is 0.270 e. The van der Waals surface area contributed by atoms with E-state index in [9.17, 15) is 4.79 Å². The Hall–Kier alpha value is -3.48. The van der Waals surface area contributed by atoms with Gasteiger partial charge in [-0.05, 0) is 37.1 Å². The van der Waals surface area contributed by atoms with Crippen LogP contribution in [-0.2, 0) is 0 Å². The molecule has 0 radical (unpaired) electrons. The first-order valence-electron chi connectivity index (χ1n) is 8.99. The van der Waals surface area contributed by atoms with Crippen LogP contribution in [-0.4, -0.2) is 42.5 Å². The minimum Gasteiger partial charge on any atom is -0.350 e. The number of aromatic amines is 2. The predicted molar refractivity (Wildman–Crippen MR) is 101 cm³/mol. The van der Waals surface area contributed by atoms with E-state index in [0.29, 0.717) is 5.69 Å². The first-order valence-corrected chi connectivity index (χ1v) is 8.99. The molecule has 1 aliphatic rings. The highest BCUT2D eigenvalue weighted by molar-refractivity contribution is 5.98. The summed E-state index contributed by atoms with van der Waals surface area (Å²) in [4.78, 5) is 27.2. The van der Waals surface area contributed by atoms with Crippen LogP contribution >= 0.6 is 0 Å². The Kier molecular flexibility index (Phi) is 3.71. The summed E-state index contributed by atoms with van der Waals surface area (Å²) in [6.45, 7) is 0.744. The molecule has 1 aliphatic heterocycles. The second-order valence-corrected chi connectivity index (χ2v) is 6.74. The van der Waals surface area contributed by atoms with E-state index in [-0.39, 0.29) is 11.9 Å². The third-order valence-electron chi connectivity index (χ3n) is 5.07. The molecule has 0 spiro atoms. The van der Waals surface area contributed by atoms with Gasteiger partial charge in [0.2, 0.25) is 0 Å². The summed E-state index contributed by atoms with van der Waals surface area (Å²) in [5.74, 6) is 0.00390. The van der Waals surface area contributed by atoms with Gasteiger partial charge in [-0.1, -0.05) is 6.07 Å². The van der Waals surface area contributed by atoms with Crippen molar-refractivity contribution in [1.29, 1.82) is 0 Å². The van der Waals surface area contributed by atoms with Gasteiger partial charge in [0, 0.05) is 41.6 Å². The van der Waals surface area contributed by atoms with Crippen molar-refractivity contribution < 1.29 is 4.79 Å². The second kappa shape index (κ2) is 6.35. The Balaban J connectivity index is 1.47. The van der Waals surface area contributed by atoms with Crippen LogP contribution in [0.4, 0.5) is 0 Å². The van der Waals surface area contributed by atoms with Crippen molar-refractivity contribution in [1.82, 2.24) is 30.0 Å². The molecule has 134 valence electrons. The summed E-state index contributed by atoms with van der Waals surface area (Å²) in [5.41, 5.74) is 4.14. The maximum Gasteiger partial charge on any atom is 0.270 e. The molecule has 0 bridgehead atoms. The molecule has 27 heavy (non-hydrogen) atoms. The van der Waals surface area contributed by atoms with E-state index < -0.39 is 0 Å². The van der Waals surface area contributed by atoms with E-state index in [4.69, 9.17) is 0 Å². The number of rotatable bonds is 3. The van der Waals surface area contributed by atoms with Crippen molar-refractivity contribution >= 4 is 16.8 Å². The summed E-state index contributed by atoms with van der Waals surface area (Å²) in [6.07, 6.45) is 9.01. The van der Waals surface area contributed by atoms with Crippen LogP contribution in [0.2, 0.25) is 0 Å². The van der Waals surface area contributed by atoms with E-state index >= 15 is 0 Å². The molecule has 7 nitrogen and oxygen atoms in total. The van der Waals surface area contributed by atoms with Crippen molar-refractivity contribution in [2.24, 2.45) is 0 Å². The molecule has 4 aromatic rings. The fraction of sp³-hybridized carbons (Fsp3) is 0.200. The van der Waals surface area contributed by atoms with E-state index in [1.54, 1.807) is 24.8 Å². The number of hydrogen-bond donors (Lipinski definition) is 2. The number of nitrogens with one attached hydrogen (secondary N) is 2. The fourth-order valence-electron chi connectivity index (χ4n) is 3.74. The van der Waals surface area contributed by atoms with Gasteiger partial charge in [0.1, 0.15) is 5.69 Å². The Morgan fingerprint density at radius 2 is 2.15 bits per heavy atom. The molecular weight excluding hydrogens is 340 g/mol. The number of aromatic nitrogens is 5. The molecule has 0 aliphatic carbocycles. The highest BCUT2D eigenvalue weighted by atomic mass is 16.2. The summed E-state index contributed by atoms with van der Waals surface area (Å²) < 4.78 is 0. The van der Waals surface area contributed by atoms with Gasteiger partial charge in [0.15, 0.2) is 0 Å². The van der Waals surface area contributed by atoms with Crippen molar-refractivity contribution in [3.8, 4) is 11.3 Å². The van der Waals surface area contributed by atoms with Crippen LogP contribution in [0.5, 0.6) is 0 Å². The van der Waals surface area contributed by atoms with Crippen molar-refractivity contribution in [3.63, 3.8) is 0 Å². The van der Waals surface area contributed by atoms with Crippen LogP contribution < -0.4 is 0 Å². The number of fused-ring (bicyclic) bond motifs is 1. The summed E-state index contributed by atoms with van der Waals surface area (Å²) in [7, 11) is 0. The molecule has 4 aromatic heterocycles. The lowest BCUT2D eigenvalue weighted by molar-refractivity contribution is 0.0728. The van der Waals surface area contributed by atoms with Gasteiger partial charge in [0.25, 0.3) is 5.91 Å². The molecule has 2 N–H and O–H groups in total. The first kappa shape index (κ1) is 15.7. The van der Waals surface area contributed by atoms with Crippen LogP contribution in [0.1, 0.15) is 35.1 Å². The topological polar surface area (TPSA) is 90.6 Å². The Morgan fingerprint density at radius 3 is 2.96 bits per heavy atom. The molecule has 5 rings (SSSR count). The molecule has 0 aromatic carbocycles. The molecule has 1 atom stereocenters.